The lowest BCUT2D eigenvalue weighted by molar-refractivity contribution is 0.274. The molecule has 0 bridgehead atoms. The van der Waals surface area contributed by atoms with Gasteiger partial charge in [0.1, 0.15) is 0 Å². The van der Waals surface area contributed by atoms with E-state index in [2.05, 4.69) is 0 Å². The van der Waals surface area contributed by atoms with Crippen molar-refractivity contribution in [3.8, 4) is 11.5 Å². The van der Waals surface area contributed by atoms with E-state index in [1.165, 1.54) is 7.11 Å². The number of aromatic hydroxyl groups is 1. The number of aliphatic hydroxyl groups is 1. The fraction of sp³-hybridized carbons (Fsp3) is 0.455. The number of hydrogen-bond donors (Lipinski definition) is 3. The Morgan fingerprint density at radius 1 is 1.47 bits per heavy atom. The van der Waals surface area contributed by atoms with Crippen LogP contribution in [0.15, 0.2) is 12.1 Å². The van der Waals surface area contributed by atoms with Gasteiger partial charge in [-0.25, -0.2) is 0 Å². The Kier molecular flexibility index (Phi) is 3.94. The third-order valence-electron chi connectivity index (χ3n) is 2.43. The molecule has 0 radical (unpaired) electrons. The average molecular weight is 211 g/mol. The molecule has 0 aromatic heterocycles. The standard InChI is InChI=1S/C11H17NO3/c1-7-3-4-9(15-2)11(14)10(7)8(12)5-6-13/h3-4,8,13-14H,5-6,12H2,1-2H3. The van der Waals surface area contributed by atoms with Gasteiger partial charge in [-0.15, -0.1) is 0 Å². The molecule has 0 spiro atoms. The smallest absolute Gasteiger partial charge is 0.162 e. The van der Waals surface area contributed by atoms with Gasteiger partial charge >= 0.3 is 0 Å². The van der Waals surface area contributed by atoms with Gasteiger partial charge in [-0.1, -0.05) is 6.07 Å². The molecule has 0 aliphatic heterocycles. The van der Waals surface area contributed by atoms with E-state index in [9.17, 15) is 5.11 Å². The van der Waals surface area contributed by atoms with Gasteiger partial charge in [0, 0.05) is 18.2 Å². The molecular formula is C11H17NO3. The topological polar surface area (TPSA) is 75.7 Å². The second-order valence-electron chi connectivity index (χ2n) is 3.47. The summed E-state index contributed by atoms with van der Waals surface area (Å²) in [4.78, 5) is 0. The van der Waals surface area contributed by atoms with Gasteiger partial charge in [0.15, 0.2) is 11.5 Å². The fourth-order valence-electron chi connectivity index (χ4n) is 1.61. The highest BCUT2D eigenvalue weighted by Crippen LogP contribution is 2.36. The average Bonchev–Trinajstić information content (AvgIpc) is 2.18. The molecule has 0 amide bonds. The molecular weight excluding hydrogens is 194 g/mol. The van der Waals surface area contributed by atoms with Crippen molar-refractivity contribution in [2.45, 2.75) is 19.4 Å². The zero-order valence-electron chi connectivity index (χ0n) is 9.03. The highest BCUT2D eigenvalue weighted by molar-refractivity contribution is 5.50. The third kappa shape index (κ3) is 2.40. The van der Waals surface area contributed by atoms with Crippen LogP contribution in [-0.2, 0) is 0 Å². The van der Waals surface area contributed by atoms with Crippen LogP contribution in [0.1, 0.15) is 23.6 Å². The van der Waals surface area contributed by atoms with Crippen LogP contribution >= 0.6 is 0 Å². The molecule has 0 aliphatic rings. The van der Waals surface area contributed by atoms with Crippen LogP contribution in [0.25, 0.3) is 0 Å². The van der Waals surface area contributed by atoms with E-state index < -0.39 is 0 Å². The molecule has 0 heterocycles. The van der Waals surface area contributed by atoms with Crippen molar-refractivity contribution in [3.05, 3.63) is 23.3 Å². The van der Waals surface area contributed by atoms with Crippen LogP contribution in [-0.4, -0.2) is 23.9 Å². The van der Waals surface area contributed by atoms with Crippen LogP contribution in [0, 0.1) is 6.92 Å². The zero-order chi connectivity index (χ0) is 11.4. The summed E-state index contributed by atoms with van der Waals surface area (Å²) in [7, 11) is 1.49. The van der Waals surface area contributed by atoms with E-state index in [4.69, 9.17) is 15.6 Å². The van der Waals surface area contributed by atoms with Crippen molar-refractivity contribution >= 4 is 0 Å². The highest BCUT2D eigenvalue weighted by atomic mass is 16.5. The number of aliphatic hydroxyl groups excluding tert-OH is 1. The lowest BCUT2D eigenvalue weighted by Gasteiger charge is -2.17. The van der Waals surface area contributed by atoms with E-state index in [1.54, 1.807) is 6.07 Å². The largest absolute Gasteiger partial charge is 0.504 e. The number of phenols is 1. The molecule has 0 fully saturated rings. The van der Waals surface area contributed by atoms with Gasteiger partial charge in [0.2, 0.25) is 0 Å². The first-order valence-corrected chi connectivity index (χ1v) is 4.84. The van der Waals surface area contributed by atoms with Crippen molar-refractivity contribution in [2.24, 2.45) is 5.73 Å². The molecule has 1 aromatic carbocycles. The number of hydrogen-bond acceptors (Lipinski definition) is 4. The molecule has 15 heavy (non-hydrogen) atoms. The normalized spacial score (nSPS) is 12.5. The van der Waals surface area contributed by atoms with Gasteiger partial charge in [0.05, 0.1) is 7.11 Å². The van der Waals surface area contributed by atoms with E-state index in [1.807, 2.05) is 13.0 Å². The number of nitrogens with two attached hydrogens (primary N) is 1. The first-order chi connectivity index (χ1) is 7.11. The van der Waals surface area contributed by atoms with Crippen LogP contribution in [0.3, 0.4) is 0 Å². The second-order valence-corrected chi connectivity index (χ2v) is 3.47. The SMILES string of the molecule is COc1ccc(C)c(C(N)CCO)c1O. The van der Waals surface area contributed by atoms with Crippen molar-refractivity contribution in [2.75, 3.05) is 13.7 Å². The molecule has 84 valence electrons. The minimum atomic E-state index is -0.370. The Labute approximate surface area is 89.3 Å². The molecule has 4 N–H and O–H groups in total. The van der Waals surface area contributed by atoms with Crippen LogP contribution in [0.2, 0.25) is 0 Å². The quantitative estimate of drug-likeness (QED) is 0.697. The molecule has 0 saturated carbocycles. The van der Waals surface area contributed by atoms with Crippen molar-refractivity contribution < 1.29 is 14.9 Å². The summed E-state index contributed by atoms with van der Waals surface area (Å²) in [5.74, 6) is 0.474. The molecule has 1 aromatic rings. The minimum absolute atomic E-state index is 0.00272. The van der Waals surface area contributed by atoms with Gasteiger partial charge in [-0.2, -0.15) is 0 Å². The fourth-order valence-corrected chi connectivity index (χ4v) is 1.61. The summed E-state index contributed by atoms with van der Waals surface area (Å²) in [6.07, 6.45) is 0.418. The zero-order valence-corrected chi connectivity index (χ0v) is 9.03. The maximum Gasteiger partial charge on any atom is 0.162 e. The number of phenolic OH excluding ortho intramolecular Hbond substituents is 1. The maximum absolute atomic E-state index is 9.88. The number of aryl methyl sites for hydroxylation is 1. The Morgan fingerprint density at radius 2 is 2.13 bits per heavy atom. The van der Waals surface area contributed by atoms with E-state index in [0.29, 0.717) is 17.7 Å². The van der Waals surface area contributed by atoms with Gasteiger partial charge in [-0.3, -0.25) is 0 Å². The van der Waals surface area contributed by atoms with Crippen LogP contribution in [0.4, 0.5) is 0 Å². The summed E-state index contributed by atoms with van der Waals surface area (Å²) < 4.78 is 5.00. The lowest BCUT2D eigenvalue weighted by atomic mass is 9.98. The Balaban J connectivity index is 3.14. The molecule has 0 aliphatic carbocycles. The summed E-state index contributed by atoms with van der Waals surface area (Å²) >= 11 is 0. The summed E-state index contributed by atoms with van der Waals surface area (Å²) in [6, 6.07) is 3.16. The Hall–Kier alpha value is -1.26. The van der Waals surface area contributed by atoms with Crippen molar-refractivity contribution in [1.29, 1.82) is 0 Å². The van der Waals surface area contributed by atoms with Gasteiger partial charge < -0.3 is 20.7 Å². The third-order valence-corrected chi connectivity index (χ3v) is 2.43. The molecule has 4 nitrogen and oxygen atoms in total. The number of ether oxygens (including phenoxy) is 1. The molecule has 1 atom stereocenters. The van der Waals surface area contributed by atoms with E-state index in [0.717, 1.165) is 5.56 Å². The second kappa shape index (κ2) is 5.00. The number of benzene rings is 1. The Morgan fingerprint density at radius 3 is 2.67 bits per heavy atom. The van der Waals surface area contributed by atoms with E-state index >= 15 is 0 Å². The first kappa shape index (κ1) is 11.8. The molecule has 1 unspecified atom stereocenters. The maximum atomic E-state index is 9.88. The van der Waals surface area contributed by atoms with Crippen molar-refractivity contribution in [3.63, 3.8) is 0 Å². The highest BCUT2D eigenvalue weighted by Gasteiger charge is 2.16. The predicted octanol–water partition coefficient (Wildman–Crippen LogP) is 1.09. The monoisotopic (exact) mass is 211 g/mol. The van der Waals surface area contributed by atoms with Gasteiger partial charge in [-0.05, 0) is 25.0 Å². The van der Waals surface area contributed by atoms with Crippen LogP contribution < -0.4 is 10.5 Å². The predicted molar refractivity (Wildman–Crippen MR) is 58.0 cm³/mol. The minimum Gasteiger partial charge on any atom is -0.504 e. The Bertz CT molecular complexity index is 339. The van der Waals surface area contributed by atoms with Crippen LogP contribution in [0.5, 0.6) is 11.5 Å². The molecule has 4 heteroatoms. The summed E-state index contributed by atoms with van der Waals surface area (Å²) in [6.45, 7) is 1.86. The van der Waals surface area contributed by atoms with Gasteiger partial charge in [0.25, 0.3) is 0 Å². The lowest BCUT2D eigenvalue weighted by Crippen LogP contribution is -2.13. The number of methoxy groups -OCH3 is 1. The summed E-state index contributed by atoms with van der Waals surface area (Å²) in [5.41, 5.74) is 7.39. The van der Waals surface area contributed by atoms with E-state index in [-0.39, 0.29) is 18.4 Å². The summed E-state index contributed by atoms with van der Waals surface area (Å²) in [5, 5.41) is 18.7. The number of rotatable bonds is 4. The molecule has 1 rings (SSSR count). The first-order valence-electron chi connectivity index (χ1n) is 4.84. The van der Waals surface area contributed by atoms with Crippen molar-refractivity contribution in [1.82, 2.24) is 0 Å². The molecule has 0 saturated heterocycles.